The Morgan fingerprint density at radius 1 is 1.05 bits per heavy atom. The molecule has 0 N–H and O–H groups in total. The van der Waals surface area contributed by atoms with Gasteiger partial charge in [0.05, 0.1) is 5.75 Å². The first-order valence-electron chi connectivity index (χ1n) is 7.36. The number of nitrogens with zero attached hydrogens (tertiary/aromatic N) is 2. The van der Waals surface area contributed by atoms with E-state index in [2.05, 4.69) is 17.0 Å². The van der Waals surface area contributed by atoms with Gasteiger partial charge in [-0.3, -0.25) is 4.90 Å². The Kier molecular flexibility index (Phi) is 5.57. The van der Waals surface area contributed by atoms with E-state index in [4.69, 9.17) is 0 Å². The Morgan fingerprint density at radius 3 is 2.30 bits per heavy atom. The molecule has 5 heteroatoms. The van der Waals surface area contributed by atoms with Crippen molar-refractivity contribution < 1.29 is 8.42 Å². The van der Waals surface area contributed by atoms with Crippen LogP contribution in [0.3, 0.4) is 0 Å². The summed E-state index contributed by atoms with van der Waals surface area (Å²) in [5.41, 5.74) is 1.29. The van der Waals surface area contributed by atoms with Crippen LogP contribution in [0.5, 0.6) is 0 Å². The van der Waals surface area contributed by atoms with Crippen molar-refractivity contribution >= 4 is 10.0 Å². The van der Waals surface area contributed by atoms with E-state index in [-0.39, 0.29) is 0 Å². The maximum Gasteiger partial charge on any atom is 0.214 e. The van der Waals surface area contributed by atoms with Crippen LogP contribution in [-0.4, -0.2) is 49.6 Å². The highest BCUT2D eigenvalue weighted by atomic mass is 32.2. The molecule has 0 saturated carbocycles. The van der Waals surface area contributed by atoms with Crippen molar-refractivity contribution in [2.75, 3.05) is 31.9 Å². The third-order valence-electron chi connectivity index (χ3n) is 3.73. The van der Waals surface area contributed by atoms with Gasteiger partial charge in [0.1, 0.15) is 0 Å². The van der Waals surface area contributed by atoms with Gasteiger partial charge in [0.15, 0.2) is 0 Å². The van der Waals surface area contributed by atoms with Gasteiger partial charge >= 0.3 is 0 Å². The third kappa shape index (κ3) is 4.30. The summed E-state index contributed by atoms with van der Waals surface area (Å²) in [7, 11) is -3.04. The lowest BCUT2D eigenvalue weighted by Gasteiger charge is -2.34. The summed E-state index contributed by atoms with van der Waals surface area (Å²) in [5.74, 6) is 0.294. The van der Waals surface area contributed by atoms with E-state index in [9.17, 15) is 8.42 Å². The Labute approximate surface area is 122 Å². The van der Waals surface area contributed by atoms with E-state index in [0.29, 0.717) is 18.8 Å². The highest BCUT2D eigenvalue weighted by molar-refractivity contribution is 7.89. The average Bonchev–Trinajstić information content (AvgIpc) is 2.47. The monoisotopic (exact) mass is 296 g/mol. The van der Waals surface area contributed by atoms with Crippen LogP contribution in [0, 0.1) is 0 Å². The van der Waals surface area contributed by atoms with E-state index in [0.717, 1.165) is 32.5 Å². The number of hydrogen-bond acceptors (Lipinski definition) is 3. The molecule has 0 spiro atoms. The van der Waals surface area contributed by atoms with Crippen molar-refractivity contribution in [2.45, 2.75) is 26.3 Å². The maximum atomic E-state index is 12.1. The number of benzene rings is 1. The highest BCUT2D eigenvalue weighted by Gasteiger charge is 2.26. The van der Waals surface area contributed by atoms with Gasteiger partial charge in [-0.15, -0.1) is 0 Å². The van der Waals surface area contributed by atoms with Gasteiger partial charge in [-0.1, -0.05) is 43.7 Å². The number of unbranched alkanes of at least 4 members (excludes halogenated alkanes) is 1. The molecule has 4 nitrogen and oxygen atoms in total. The fourth-order valence-corrected chi connectivity index (χ4v) is 4.09. The summed E-state index contributed by atoms with van der Waals surface area (Å²) in [5, 5.41) is 0. The van der Waals surface area contributed by atoms with Gasteiger partial charge in [0.2, 0.25) is 10.0 Å². The van der Waals surface area contributed by atoms with Crippen LogP contribution in [-0.2, 0) is 16.6 Å². The lowest BCUT2D eigenvalue weighted by atomic mass is 10.2. The zero-order chi connectivity index (χ0) is 14.4. The molecule has 1 saturated heterocycles. The number of piperazine rings is 1. The van der Waals surface area contributed by atoms with E-state index in [1.54, 1.807) is 4.31 Å². The van der Waals surface area contributed by atoms with Crippen molar-refractivity contribution in [3.8, 4) is 0 Å². The first kappa shape index (κ1) is 15.5. The summed E-state index contributed by atoms with van der Waals surface area (Å²) in [6, 6.07) is 10.3. The summed E-state index contributed by atoms with van der Waals surface area (Å²) in [4.78, 5) is 2.32. The van der Waals surface area contributed by atoms with Crippen LogP contribution in [0.2, 0.25) is 0 Å². The van der Waals surface area contributed by atoms with Crippen LogP contribution in [0.1, 0.15) is 25.3 Å². The maximum absolute atomic E-state index is 12.1. The Bertz CT molecular complexity index is 494. The molecule has 0 atom stereocenters. The van der Waals surface area contributed by atoms with Gasteiger partial charge in [0, 0.05) is 32.7 Å². The summed E-state index contributed by atoms with van der Waals surface area (Å²) < 4.78 is 25.9. The molecule has 0 radical (unpaired) electrons. The number of hydrogen-bond donors (Lipinski definition) is 0. The third-order valence-corrected chi connectivity index (χ3v) is 5.69. The second-order valence-corrected chi connectivity index (χ2v) is 7.42. The SMILES string of the molecule is CCCCS(=O)(=O)N1CCN(Cc2ccccc2)CC1. The second-order valence-electron chi connectivity index (χ2n) is 5.33. The Balaban J connectivity index is 1.83. The van der Waals surface area contributed by atoms with E-state index >= 15 is 0 Å². The lowest BCUT2D eigenvalue weighted by molar-refractivity contribution is 0.181. The van der Waals surface area contributed by atoms with E-state index < -0.39 is 10.0 Å². The van der Waals surface area contributed by atoms with Gasteiger partial charge in [-0.2, -0.15) is 4.31 Å². The highest BCUT2D eigenvalue weighted by Crippen LogP contribution is 2.12. The second kappa shape index (κ2) is 7.20. The van der Waals surface area contributed by atoms with Gasteiger partial charge in [0.25, 0.3) is 0 Å². The molecule has 2 rings (SSSR count). The van der Waals surface area contributed by atoms with Crippen LogP contribution >= 0.6 is 0 Å². The van der Waals surface area contributed by atoms with Crippen molar-refractivity contribution in [2.24, 2.45) is 0 Å². The van der Waals surface area contributed by atoms with Gasteiger partial charge in [-0.25, -0.2) is 8.42 Å². The zero-order valence-electron chi connectivity index (χ0n) is 12.2. The topological polar surface area (TPSA) is 40.6 Å². The first-order chi connectivity index (χ1) is 9.62. The molecule has 1 aliphatic rings. The molecular formula is C15H24N2O2S. The van der Waals surface area contributed by atoms with E-state index in [1.807, 2.05) is 25.1 Å². The molecule has 20 heavy (non-hydrogen) atoms. The van der Waals surface area contributed by atoms with Crippen LogP contribution < -0.4 is 0 Å². The molecule has 0 bridgehead atoms. The lowest BCUT2D eigenvalue weighted by Crippen LogP contribution is -2.48. The molecule has 112 valence electrons. The van der Waals surface area contributed by atoms with Crippen molar-refractivity contribution in [3.63, 3.8) is 0 Å². The smallest absolute Gasteiger partial charge is 0.214 e. The van der Waals surface area contributed by atoms with E-state index in [1.165, 1.54) is 5.56 Å². The summed E-state index contributed by atoms with van der Waals surface area (Å²) in [6.07, 6.45) is 1.68. The van der Waals surface area contributed by atoms with Crippen LogP contribution in [0.15, 0.2) is 30.3 Å². The first-order valence-corrected chi connectivity index (χ1v) is 8.97. The van der Waals surface area contributed by atoms with Crippen LogP contribution in [0.4, 0.5) is 0 Å². The molecule has 1 aromatic rings. The summed E-state index contributed by atoms with van der Waals surface area (Å²) in [6.45, 7) is 5.81. The van der Waals surface area contributed by atoms with Crippen LogP contribution in [0.25, 0.3) is 0 Å². The standard InChI is InChI=1S/C15H24N2O2S/c1-2-3-13-20(18,19)17-11-9-16(10-12-17)14-15-7-5-4-6-8-15/h4-8H,2-3,9-14H2,1H3. The molecule has 1 fully saturated rings. The van der Waals surface area contributed by atoms with Gasteiger partial charge < -0.3 is 0 Å². The summed E-state index contributed by atoms with van der Waals surface area (Å²) >= 11 is 0. The number of rotatable bonds is 6. The zero-order valence-corrected chi connectivity index (χ0v) is 13.0. The fraction of sp³-hybridized carbons (Fsp3) is 0.600. The molecule has 1 heterocycles. The van der Waals surface area contributed by atoms with Crippen molar-refractivity contribution in [1.82, 2.24) is 9.21 Å². The predicted octanol–water partition coefficient (Wildman–Crippen LogP) is 1.93. The Hall–Kier alpha value is -0.910. The Morgan fingerprint density at radius 2 is 1.70 bits per heavy atom. The minimum Gasteiger partial charge on any atom is -0.296 e. The fourth-order valence-electron chi connectivity index (χ4n) is 2.46. The van der Waals surface area contributed by atoms with Gasteiger partial charge in [-0.05, 0) is 12.0 Å². The molecule has 0 unspecified atom stereocenters. The molecular weight excluding hydrogens is 272 g/mol. The van der Waals surface area contributed by atoms with Crippen molar-refractivity contribution in [3.05, 3.63) is 35.9 Å². The molecule has 0 aliphatic carbocycles. The largest absolute Gasteiger partial charge is 0.296 e. The molecule has 0 aromatic heterocycles. The quantitative estimate of drug-likeness (QED) is 0.805. The normalized spacial score (nSPS) is 18.2. The molecule has 0 amide bonds. The molecule has 1 aromatic carbocycles. The minimum absolute atomic E-state index is 0.294. The van der Waals surface area contributed by atoms with Crippen molar-refractivity contribution in [1.29, 1.82) is 0 Å². The minimum atomic E-state index is -3.04. The number of sulfonamides is 1. The average molecular weight is 296 g/mol. The predicted molar refractivity (Wildman–Crippen MR) is 82.0 cm³/mol. The molecule has 1 aliphatic heterocycles.